The molecule has 2 aliphatic rings. The number of anilines is 1. The average Bonchev–Trinajstić information content (AvgIpc) is 3.69. The number of benzene rings is 1. The van der Waals surface area contributed by atoms with Crippen molar-refractivity contribution < 1.29 is 37.1 Å². The molecule has 4 amide bonds. The lowest BCUT2D eigenvalue weighted by molar-refractivity contribution is -0.149. The van der Waals surface area contributed by atoms with Gasteiger partial charge in [0.05, 0.1) is 19.0 Å². The Hall–Kier alpha value is -4.64. The van der Waals surface area contributed by atoms with Gasteiger partial charge in [-0.25, -0.2) is 9.37 Å². The molecule has 1 aliphatic heterocycles. The molecule has 0 unspecified atom stereocenters. The zero-order valence-electron chi connectivity index (χ0n) is 28.5. The molecule has 1 aromatic carbocycles. The molecule has 17 heteroatoms. The molecule has 3 atom stereocenters. The van der Waals surface area contributed by atoms with Gasteiger partial charge in [0.2, 0.25) is 17.7 Å². The lowest BCUT2D eigenvalue weighted by atomic mass is 9.83. The van der Waals surface area contributed by atoms with Gasteiger partial charge in [-0.05, 0) is 61.1 Å². The maximum Gasteiger partial charge on any atom is 0.351 e. The monoisotopic (exact) mass is 730 g/mol. The molecule has 274 valence electrons. The topological polar surface area (TPSA) is 159 Å². The van der Waals surface area contributed by atoms with Crippen molar-refractivity contribution in [3.63, 3.8) is 0 Å². The molecule has 3 heterocycles. The van der Waals surface area contributed by atoms with E-state index in [9.17, 15) is 19.2 Å². The van der Waals surface area contributed by atoms with Gasteiger partial charge in [-0.2, -0.15) is 8.78 Å². The van der Waals surface area contributed by atoms with Crippen LogP contribution in [0.4, 0.5) is 18.9 Å². The first kappa shape index (κ1) is 37.6. The van der Waals surface area contributed by atoms with Gasteiger partial charge in [0.15, 0.2) is 0 Å². The average molecular weight is 731 g/mol. The van der Waals surface area contributed by atoms with Crippen molar-refractivity contribution in [2.45, 2.75) is 63.0 Å². The van der Waals surface area contributed by atoms with Crippen LogP contribution in [-0.2, 0) is 20.3 Å². The molecule has 0 radical (unpaired) electrons. The number of ether oxygens (including phenoxy) is 1. The van der Waals surface area contributed by atoms with Gasteiger partial charge in [0, 0.05) is 49.9 Å². The number of hydrogen-bond acceptors (Lipinski definition) is 10. The first-order valence-corrected chi connectivity index (χ1v) is 17.5. The minimum Gasteiger partial charge on any atom is -0.481 e. The lowest BCUT2D eigenvalue weighted by Gasteiger charge is -2.36. The van der Waals surface area contributed by atoms with Crippen molar-refractivity contribution in [1.82, 2.24) is 35.0 Å². The number of likely N-dealkylation sites (N-methyl/N-ethyl adjacent to an activating group) is 1. The van der Waals surface area contributed by atoms with Gasteiger partial charge >= 0.3 is 5.92 Å². The van der Waals surface area contributed by atoms with Crippen molar-refractivity contribution in [1.29, 1.82) is 0 Å². The highest BCUT2D eigenvalue weighted by Crippen LogP contribution is 2.32. The highest BCUT2D eigenvalue weighted by molar-refractivity contribution is 7.07. The molecule has 2 aromatic heterocycles. The van der Waals surface area contributed by atoms with Gasteiger partial charge in [0.25, 0.3) is 11.8 Å². The van der Waals surface area contributed by atoms with Gasteiger partial charge in [0.1, 0.15) is 22.8 Å². The molecule has 13 nitrogen and oxygen atoms in total. The van der Waals surface area contributed by atoms with E-state index in [2.05, 4.69) is 35.4 Å². The Morgan fingerprint density at radius 2 is 1.73 bits per heavy atom. The quantitative estimate of drug-likeness (QED) is 0.254. The first-order valence-electron chi connectivity index (χ1n) is 16.7. The third kappa shape index (κ3) is 9.00. The standard InChI is InChI=1S/C34H41F3N8O5S/c1-20(28(41-30(46)26-19-39-43-51-26)32(48)45-15-13-44(2)14-16-45)22-9-11-25(24(35)17-22)40-31(47)29(21-7-5-4-6-8-21)42-33(49)34(36,37)23-10-12-27(50-3)38-18-23/h9-12,17-21,28-29H,4-8,13-16H2,1-3H3,(H,40,47)(H,41,46)(H,42,49)/t20-,28+,29-/m0/s1. The van der Waals surface area contributed by atoms with Crippen molar-refractivity contribution in [2.24, 2.45) is 5.92 Å². The summed E-state index contributed by atoms with van der Waals surface area (Å²) in [5.41, 5.74) is -0.548. The normalized spacial score (nSPS) is 17.6. The number of aromatic nitrogens is 3. The molecular weight excluding hydrogens is 689 g/mol. The number of methoxy groups -OCH3 is 1. The summed E-state index contributed by atoms with van der Waals surface area (Å²) in [5.74, 6) is -9.32. The smallest absolute Gasteiger partial charge is 0.351 e. The van der Waals surface area contributed by atoms with E-state index >= 15 is 13.2 Å². The third-order valence-electron chi connectivity index (χ3n) is 9.51. The predicted octanol–water partition coefficient (Wildman–Crippen LogP) is 3.55. The van der Waals surface area contributed by atoms with Gasteiger partial charge in [-0.15, -0.1) is 5.10 Å². The van der Waals surface area contributed by atoms with Gasteiger partial charge in [-0.1, -0.05) is 36.7 Å². The van der Waals surface area contributed by atoms with Gasteiger partial charge < -0.3 is 30.5 Å². The number of nitrogens with zero attached hydrogens (tertiary/aromatic N) is 5. The Kier molecular flexibility index (Phi) is 12.2. The summed E-state index contributed by atoms with van der Waals surface area (Å²) in [6.45, 7) is 3.90. The van der Waals surface area contributed by atoms with Crippen LogP contribution in [0.15, 0.2) is 42.7 Å². The summed E-state index contributed by atoms with van der Waals surface area (Å²) in [6, 6.07) is 3.78. The molecule has 3 N–H and O–H groups in total. The zero-order valence-corrected chi connectivity index (χ0v) is 29.4. The second-order valence-electron chi connectivity index (χ2n) is 12.9. The number of piperazine rings is 1. The summed E-state index contributed by atoms with van der Waals surface area (Å²) >= 11 is 0.875. The summed E-state index contributed by atoms with van der Waals surface area (Å²) in [6.07, 6.45) is 5.54. The molecule has 2 fully saturated rings. The van der Waals surface area contributed by atoms with E-state index in [4.69, 9.17) is 4.74 Å². The van der Waals surface area contributed by atoms with Crippen LogP contribution >= 0.6 is 11.5 Å². The Labute approximate surface area is 297 Å². The predicted molar refractivity (Wildman–Crippen MR) is 182 cm³/mol. The van der Waals surface area contributed by atoms with E-state index in [0.717, 1.165) is 49.1 Å². The number of pyridine rings is 1. The van der Waals surface area contributed by atoms with Gasteiger partial charge in [-0.3, -0.25) is 19.2 Å². The number of carbonyl (C=O) groups is 4. The first-order chi connectivity index (χ1) is 24.4. The van der Waals surface area contributed by atoms with E-state index in [1.54, 1.807) is 11.8 Å². The van der Waals surface area contributed by atoms with E-state index in [0.29, 0.717) is 44.6 Å². The molecule has 51 heavy (non-hydrogen) atoms. The number of hydrogen-bond donors (Lipinski definition) is 3. The molecule has 5 rings (SSSR count). The molecule has 3 aromatic rings. The molecular formula is C34H41F3N8O5S. The molecule has 0 bridgehead atoms. The van der Waals surface area contributed by atoms with Crippen LogP contribution in [0.3, 0.4) is 0 Å². The Bertz CT molecular complexity index is 1680. The Morgan fingerprint density at radius 1 is 1.00 bits per heavy atom. The number of amides is 4. The van der Waals surface area contributed by atoms with Crippen LogP contribution < -0.4 is 20.7 Å². The van der Waals surface area contributed by atoms with Crippen molar-refractivity contribution in [2.75, 3.05) is 45.7 Å². The Balaban J connectivity index is 1.34. The maximum atomic E-state index is 15.7. The van der Waals surface area contributed by atoms with Crippen LogP contribution in [0.5, 0.6) is 5.88 Å². The lowest BCUT2D eigenvalue weighted by Crippen LogP contribution is -2.55. The van der Waals surface area contributed by atoms with E-state index in [1.165, 1.54) is 31.5 Å². The van der Waals surface area contributed by atoms with Crippen molar-refractivity contribution in [3.8, 4) is 5.88 Å². The number of rotatable bonds is 12. The minimum atomic E-state index is -4.01. The van der Waals surface area contributed by atoms with Crippen LogP contribution in [-0.4, -0.2) is 100 Å². The molecule has 1 saturated carbocycles. The zero-order chi connectivity index (χ0) is 36.7. The molecule has 1 saturated heterocycles. The largest absolute Gasteiger partial charge is 0.481 e. The highest BCUT2D eigenvalue weighted by Gasteiger charge is 2.44. The molecule has 1 aliphatic carbocycles. The summed E-state index contributed by atoms with van der Waals surface area (Å²) in [7, 11) is 3.28. The van der Waals surface area contributed by atoms with E-state index in [-0.39, 0.29) is 22.4 Å². The fourth-order valence-electron chi connectivity index (χ4n) is 6.34. The van der Waals surface area contributed by atoms with Crippen molar-refractivity contribution >= 4 is 40.8 Å². The van der Waals surface area contributed by atoms with E-state index < -0.39 is 58.9 Å². The SMILES string of the molecule is COc1ccc(C(F)(F)C(=O)N[C@H](C(=O)Nc2ccc([C@H](C)[C@@H](NC(=O)c3cnns3)C(=O)N3CCN(C)CC3)cc2F)C2CCCCC2)cn1. The number of carbonyl (C=O) groups excluding carboxylic acids is 4. The fraction of sp³-hybridized carbons (Fsp3) is 0.500. The van der Waals surface area contributed by atoms with Crippen LogP contribution in [0, 0.1) is 11.7 Å². The fourth-order valence-corrected chi connectivity index (χ4v) is 6.76. The highest BCUT2D eigenvalue weighted by atomic mass is 32.1. The number of alkyl halides is 2. The van der Waals surface area contributed by atoms with Crippen LogP contribution in [0.1, 0.15) is 65.7 Å². The second kappa shape index (κ2) is 16.6. The summed E-state index contributed by atoms with van der Waals surface area (Å²) in [5, 5.41) is 11.2. The third-order valence-corrected chi connectivity index (χ3v) is 10.2. The number of halogens is 3. The molecule has 0 spiro atoms. The second-order valence-corrected chi connectivity index (χ2v) is 13.7. The van der Waals surface area contributed by atoms with Crippen molar-refractivity contribution in [3.05, 3.63) is 64.5 Å². The Morgan fingerprint density at radius 3 is 2.33 bits per heavy atom. The minimum absolute atomic E-state index is 0.0900. The number of nitrogens with one attached hydrogen (secondary N) is 3. The summed E-state index contributed by atoms with van der Waals surface area (Å²) < 4.78 is 54.8. The summed E-state index contributed by atoms with van der Waals surface area (Å²) in [4.78, 5) is 61.0. The maximum absolute atomic E-state index is 15.7. The van der Waals surface area contributed by atoms with Crippen LogP contribution in [0.25, 0.3) is 0 Å². The van der Waals surface area contributed by atoms with Crippen LogP contribution in [0.2, 0.25) is 0 Å². The van der Waals surface area contributed by atoms with E-state index in [1.807, 2.05) is 7.05 Å².